The zero-order valence-electron chi connectivity index (χ0n) is 12.5. The Labute approximate surface area is 158 Å². The van der Waals surface area contributed by atoms with Gasteiger partial charge in [-0.05, 0) is 24.3 Å². The van der Waals surface area contributed by atoms with E-state index in [1.54, 1.807) is 36.4 Å². The molecule has 119 valence electrons. The molecule has 2 rings (SSSR count). The summed E-state index contributed by atoms with van der Waals surface area (Å²) in [4.78, 5) is 0. The first-order valence-corrected chi connectivity index (χ1v) is 9.46. The summed E-state index contributed by atoms with van der Waals surface area (Å²) in [6.45, 7) is 0. The molecular weight excluding hydrogens is 351 g/mol. The normalized spacial score (nSPS) is 11.3. The van der Waals surface area contributed by atoms with Gasteiger partial charge >= 0.3 is 20.2 Å². The molecule has 23 heavy (non-hydrogen) atoms. The maximum atomic E-state index is 11.8. The van der Waals surface area contributed by atoms with E-state index in [0.717, 1.165) is 0 Å². The van der Waals surface area contributed by atoms with Crippen LogP contribution < -0.4 is 8.37 Å². The maximum Gasteiger partial charge on any atom is 0.310 e. The van der Waals surface area contributed by atoms with Gasteiger partial charge in [0, 0.05) is 29.6 Å². The molecule has 0 N–H and O–H groups in total. The molecule has 0 aliphatic heterocycles. The summed E-state index contributed by atoms with van der Waals surface area (Å²) in [5.41, 5.74) is 0. The Bertz CT molecular complexity index is 733. The third-order valence-corrected chi connectivity index (χ3v) is 5.08. The Morgan fingerprint density at radius 2 is 0.913 bits per heavy atom. The average Bonchev–Trinajstić information content (AvgIpc) is 2.47. The van der Waals surface area contributed by atoms with Gasteiger partial charge in [-0.1, -0.05) is 36.4 Å². The monoisotopic (exact) mass is 365 g/mol. The second kappa shape index (κ2) is 8.70. The van der Waals surface area contributed by atoms with Gasteiger partial charge in [0.05, 0.1) is 0 Å². The van der Waals surface area contributed by atoms with Gasteiger partial charge in [0.2, 0.25) is 0 Å². The van der Waals surface area contributed by atoms with Gasteiger partial charge in [-0.15, -0.1) is 0 Å². The Balaban J connectivity index is 0.00000264. The average molecular weight is 365 g/mol. The number of hydrogen-bond donors (Lipinski definition) is 0. The van der Waals surface area contributed by atoms with Crippen LogP contribution >= 0.6 is 0 Å². The SMILES string of the molecule is O=S(=O)(CCS(=O)(=O)Oc1ccccc1)Oc1ccccc1.[Na]. The molecule has 0 aliphatic carbocycles. The molecule has 2 aromatic rings. The van der Waals surface area contributed by atoms with E-state index in [1.807, 2.05) is 0 Å². The Kier molecular flexibility index (Phi) is 7.56. The fourth-order valence-electron chi connectivity index (χ4n) is 1.53. The van der Waals surface area contributed by atoms with E-state index in [2.05, 4.69) is 0 Å². The van der Waals surface area contributed by atoms with Crippen molar-refractivity contribution >= 4 is 49.8 Å². The summed E-state index contributed by atoms with van der Waals surface area (Å²) >= 11 is 0. The van der Waals surface area contributed by atoms with E-state index in [0.29, 0.717) is 0 Å². The Morgan fingerprint density at radius 3 is 1.22 bits per heavy atom. The number of rotatable bonds is 7. The molecule has 0 fully saturated rings. The molecule has 0 aromatic heterocycles. The largest absolute Gasteiger partial charge is 0.382 e. The van der Waals surface area contributed by atoms with Gasteiger partial charge in [-0.25, -0.2) is 0 Å². The molecule has 9 heteroatoms. The fourth-order valence-corrected chi connectivity index (χ4v) is 4.14. The van der Waals surface area contributed by atoms with Crippen LogP contribution in [0.4, 0.5) is 0 Å². The van der Waals surface area contributed by atoms with Crippen LogP contribution in [0, 0.1) is 0 Å². The summed E-state index contributed by atoms with van der Waals surface area (Å²) in [7, 11) is -8.04. The van der Waals surface area contributed by atoms with Crippen LogP contribution in [0.3, 0.4) is 0 Å². The molecule has 0 amide bonds. The van der Waals surface area contributed by atoms with Crippen molar-refractivity contribution in [3.05, 3.63) is 60.7 Å². The molecular formula is C14H14NaO6S2. The van der Waals surface area contributed by atoms with Crippen molar-refractivity contribution < 1.29 is 25.2 Å². The molecule has 0 aliphatic rings. The second-order valence-corrected chi connectivity index (χ2v) is 7.70. The summed E-state index contributed by atoms with van der Waals surface area (Å²) < 4.78 is 56.6. The topological polar surface area (TPSA) is 86.7 Å². The predicted octanol–water partition coefficient (Wildman–Crippen LogP) is 1.42. The molecule has 0 spiro atoms. The van der Waals surface area contributed by atoms with Crippen LogP contribution in [0.25, 0.3) is 0 Å². The minimum atomic E-state index is -4.02. The van der Waals surface area contributed by atoms with E-state index in [9.17, 15) is 16.8 Å². The van der Waals surface area contributed by atoms with E-state index in [1.165, 1.54) is 24.3 Å². The van der Waals surface area contributed by atoms with Gasteiger partial charge in [0.25, 0.3) is 0 Å². The molecule has 0 atom stereocenters. The number of benzene rings is 2. The van der Waals surface area contributed by atoms with E-state index in [4.69, 9.17) is 8.37 Å². The summed E-state index contributed by atoms with van der Waals surface area (Å²) in [6.07, 6.45) is 0. The van der Waals surface area contributed by atoms with Crippen LogP contribution in [0.5, 0.6) is 11.5 Å². The van der Waals surface area contributed by atoms with Crippen LogP contribution in [0.1, 0.15) is 0 Å². The molecule has 0 heterocycles. The van der Waals surface area contributed by atoms with Crippen LogP contribution in [-0.4, -0.2) is 57.9 Å². The first kappa shape index (κ1) is 20.0. The first-order valence-electron chi connectivity index (χ1n) is 6.31. The smallest absolute Gasteiger partial charge is 0.310 e. The van der Waals surface area contributed by atoms with Crippen molar-refractivity contribution in [1.29, 1.82) is 0 Å². The van der Waals surface area contributed by atoms with Crippen molar-refractivity contribution in [2.75, 3.05) is 11.5 Å². The molecule has 0 saturated carbocycles. The summed E-state index contributed by atoms with van der Waals surface area (Å²) in [5, 5.41) is 0. The third kappa shape index (κ3) is 7.36. The summed E-state index contributed by atoms with van der Waals surface area (Å²) in [5.74, 6) is -1.14. The van der Waals surface area contributed by atoms with Crippen molar-refractivity contribution in [1.82, 2.24) is 0 Å². The Morgan fingerprint density at radius 1 is 0.609 bits per heavy atom. The van der Waals surface area contributed by atoms with E-state index < -0.39 is 31.7 Å². The van der Waals surface area contributed by atoms with Crippen molar-refractivity contribution in [2.45, 2.75) is 0 Å². The van der Waals surface area contributed by atoms with E-state index >= 15 is 0 Å². The Hall–Kier alpha value is -1.06. The van der Waals surface area contributed by atoms with Crippen molar-refractivity contribution in [3.63, 3.8) is 0 Å². The van der Waals surface area contributed by atoms with E-state index in [-0.39, 0.29) is 41.1 Å². The van der Waals surface area contributed by atoms with Gasteiger partial charge in [0.1, 0.15) is 23.0 Å². The van der Waals surface area contributed by atoms with Gasteiger partial charge < -0.3 is 8.37 Å². The fraction of sp³-hybridized carbons (Fsp3) is 0.143. The van der Waals surface area contributed by atoms with Crippen molar-refractivity contribution in [3.8, 4) is 11.5 Å². The predicted molar refractivity (Wildman–Crippen MR) is 87.5 cm³/mol. The third-order valence-electron chi connectivity index (χ3n) is 2.52. The maximum absolute atomic E-state index is 11.8. The first-order chi connectivity index (χ1) is 10.4. The minimum Gasteiger partial charge on any atom is -0.382 e. The summed E-state index contributed by atoms with van der Waals surface area (Å²) in [6, 6.07) is 15.7. The van der Waals surface area contributed by atoms with Crippen molar-refractivity contribution in [2.24, 2.45) is 0 Å². The number of hydrogen-bond acceptors (Lipinski definition) is 6. The molecule has 0 saturated heterocycles. The van der Waals surface area contributed by atoms with Crippen LogP contribution in [0.15, 0.2) is 60.7 Å². The van der Waals surface area contributed by atoms with Gasteiger partial charge in [0.15, 0.2) is 0 Å². The quantitative estimate of drug-likeness (QED) is 0.545. The van der Waals surface area contributed by atoms with Crippen LogP contribution in [0.2, 0.25) is 0 Å². The standard InChI is InChI=1S/C14H14O6S2.Na/c15-21(16,19-13-7-3-1-4-8-13)11-12-22(17,18)20-14-9-5-2-6-10-14;/h1-10H,11-12H2;. The minimum absolute atomic E-state index is 0. The molecule has 0 unspecified atom stereocenters. The van der Waals surface area contributed by atoms with Crippen LogP contribution in [-0.2, 0) is 20.2 Å². The zero-order valence-corrected chi connectivity index (χ0v) is 16.1. The van der Waals surface area contributed by atoms with Gasteiger partial charge in [-0.2, -0.15) is 16.8 Å². The number of para-hydroxylation sites is 2. The molecule has 6 nitrogen and oxygen atoms in total. The molecule has 0 bridgehead atoms. The van der Waals surface area contributed by atoms with Gasteiger partial charge in [-0.3, -0.25) is 0 Å². The molecule has 2 aromatic carbocycles. The molecule has 1 radical (unpaired) electrons. The zero-order chi connectivity index (χ0) is 16.1. The second-order valence-electron chi connectivity index (χ2n) is 4.32.